The van der Waals surface area contributed by atoms with Gasteiger partial charge in [0.25, 0.3) is 5.91 Å². The molecular formula is C19H17F3N2O2. The lowest BCUT2D eigenvalue weighted by molar-refractivity contribution is -0.0454. The van der Waals surface area contributed by atoms with E-state index in [1.54, 1.807) is 13.0 Å². The van der Waals surface area contributed by atoms with Gasteiger partial charge in [0.2, 0.25) is 0 Å². The topological polar surface area (TPSA) is 52.6 Å². The highest BCUT2D eigenvalue weighted by molar-refractivity contribution is 6.01. The Morgan fingerprint density at radius 2 is 1.92 bits per heavy atom. The van der Waals surface area contributed by atoms with Crippen molar-refractivity contribution in [2.75, 3.05) is 18.4 Å². The maximum absolute atomic E-state index is 14.3. The number of β-amino-alcohol motifs (C(OH)–C–C–N with tert-alkyl or cyclic N) is 1. The largest absolute Gasteiger partial charge is 0.382 e. The minimum atomic E-state index is -1.28. The molecule has 1 heterocycles. The fourth-order valence-electron chi connectivity index (χ4n) is 2.77. The number of nitrogens with one attached hydrogen (secondary N) is 1. The molecule has 1 fully saturated rings. The summed E-state index contributed by atoms with van der Waals surface area (Å²) < 4.78 is 42.1. The molecule has 0 spiro atoms. The Kier molecular flexibility index (Phi) is 4.50. The number of aryl methyl sites for hydroxylation is 1. The summed E-state index contributed by atoms with van der Waals surface area (Å²) in [7, 11) is 0. The zero-order valence-electron chi connectivity index (χ0n) is 14.0. The van der Waals surface area contributed by atoms with E-state index in [1.807, 2.05) is 0 Å². The molecule has 26 heavy (non-hydrogen) atoms. The second kappa shape index (κ2) is 6.49. The van der Waals surface area contributed by atoms with Crippen molar-refractivity contribution < 1.29 is 23.1 Å². The monoisotopic (exact) mass is 362 g/mol. The van der Waals surface area contributed by atoms with Crippen LogP contribution >= 0.6 is 0 Å². The number of hydrogen-bond donors (Lipinski definition) is 2. The number of nitrogens with zero attached hydrogens (tertiary/aromatic N) is 1. The Balaban J connectivity index is 1.95. The second-order valence-electron chi connectivity index (χ2n) is 6.36. The van der Waals surface area contributed by atoms with Gasteiger partial charge in [0.05, 0.1) is 30.0 Å². The fourth-order valence-corrected chi connectivity index (χ4v) is 2.77. The number of amides is 1. The molecule has 2 N–H and O–H groups in total. The van der Waals surface area contributed by atoms with E-state index in [0.717, 1.165) is 12.1 Å². The molecule has 3 rings (SSSR count). The van der Waals surface area contributed by atoms with E-state index in [4.69, 9.17) is 0 Å². The molecule has 0 aliphatic carbocycles. The van der Waals surface area contributed by atoms with Gasteiger partial charge in [-0.15, -0.1) is 6.58 Å². The number of likely N-dealkylation sites (tertiary alicyclic amines) is 1. The molecule has 4 nitrogen and oxygen atoms in total. The number of anilines is 2. The molecule has 2 aromatic rings. The molecule has 2 aromatic carbocycles. The van der Waals surface area contributed by atoms with E-state index < -0.39 is 34.6 Å². The number of rotatable bonds is 4. The third-order valence-electron chi connectivity index (χ3n) is 4.31. The van der Waals surface area contributed by atoms with E-state index in [-0.39, 0.29) is 24.3 Å². The Bertz CT molecular complexity index is 893. The van der Waals surface area contributed by atoms with Crippen LogP contribution in [0.15, 0.2) is 43.0 Å². The van der Waals surface area contributed by atoms with Crippen LogP contribution in [0.2, 0.25) is 0 Å². The number of hydrogen-bond acceptors (Lipinski definition) is 3. The van der Waals surface area contributed by atoms with Gasteiger partial charge in [0.15, 0.2) is 11.6 Å². The molecule has 0 radical (unpaired) electrons. The van der Waals surface area contributed by atoms with Crippen molar-refractivity contribution in [3.63, 3.8) is 0 Å². The molecule has 0 atom stereocenters. The maximum atomic E-state index is 14.3. The smallest absolute Gasteiger partial charge is 0.256 e. The number of benzene rings is 2. The lowest BCUT2D eigenvalue weighted by Gasteiger charge is -2.44. The predicted molar refractivity (Wildman–Crippen MR) is 91.8 cm³/mol. The zero-order valence-corrected chi connectivity index (χ0v) is 14.0. The van der Waals surface area contributed by atoms with Crippen LogP contribution < -0.4 is 5.32 Å². The number of aliphatic hydroxyl groups is 1. The van der Waals surface area contributed by atoms with Crippen LogP contribution in [0.5, 0.6) is 0 Å². The quantitative estimate of drug-likeness (QED) is 0.819. The highest BCUT2D eigenvalue weighted by Gasteiger charge is 2.42. The second-order valence-corrected chi connectivity index (χ2v) is 6.36. The zero-order chi connectivity index (χ0) is 19.1. The highest BCUT2D eigenvalue weighted by Crippen LogP contribution is 2.31. The van der Waals surface area contributed by atoms with Gasteiger partial charge in [-0.25, -0.2) is 13.2 Å². The van der Waals surface area contributed by atoms with Gasteiger partial charge >= 0.3 is 0 Å². The number of carbonyl (C=O) groups is 1. The van der Waals surface area contributed by atoms with Crippen molar-refractivity contribution in [3.05, 3.63) is 71.6 Å². The maximum Gasteiger partial charge on any atom is 0.256 e. The van der Waals surface area contributed by atoms with Crippen molar-refractivity contribution in [1.82, 2.24) is 4.90 Å². The van der Waals surface area contributed by atoms with Crippen molar-refractivity contribution in [1.29, 1.82) is 0 Å². The average Bonchev–Trinajstić information content (AvgIpc) is 2.57. The Morgan fingerprint density at radius 1 is 1.23 bits per heavy atom. The van der Waals surface area contributed by atoms with Gasteiger partial charge in [0, 0.05) is 0 Å². The Morgan fingerprint density at radius 3 is 2.54 bits per heavy atom. The molecule has 1 aliphatic rings. The predicted octanol–water partition coefficient (Wildman–Crippen LogP) is 3.53. The summed E-state index contributed by atoms with van der Waals surface area (Å²) in [6.45, 7) is 5.16. The first-order chi connectivity index (χ1) is 12.2. The summed E-state index contributed by atoms with van der Waals surface area (Å²) in [4.78, 5) is 13.9. The molecule has 0 aromatic heterocycles. The number of carbonyl (C=O) groups excluding carboxylic acids is 1. The van der Waals surface area contributed by atoms with Gasteiger partial charge in [0.1, 0.15) is 11.4 Å². The third-order valence-corrected chi connectivity index (χ3v) is 4.31. The highest BCUT2D eigenvalue weighted by atomic mass is 19.2. The third kappa shape index (κ3) is 3.17. The van der Waals surface area contributed by atoms with Gasteiger partial charge in [-0.2, -0.15) is 0 Å². The van der Waals surface area contributed by atoms with Crippen LogP contribution in [0.25, 0.3) is 0 Å². The van der Waals surface area contributed by atoms with Gasteiger partial charge < -0.3 is 15.3 Å². The first-order valence-electron chi connectivity index (χ1n) is 7.90. The molecule has 0 unspecified atom stereocenters. The molecule has 7 heteroatoms. The molecule has 1 saturated heterocycles. The van der Waals surface area contributed by atoms with Crippen LogP contribution in [0.1, 0.15) is 15.9 Å². The van der Waals surface area contributed by atoms with E-state index in [2.05, 4.69) is 11.9 Å². The van der Waals surface area contributed by atoms with E-state index in [9.17, 15) is 23.1 Å². The number of halogens is 3. The summed E-state index contributed by atoms with van der Waals surface area (Å²) in [5.74, 6) is -3.71. The first kappa shape index (κ1) is 18.0. The first-order valence-corrected chi connectivity index (χ1v) is 7.90. The van der Waals surface area contributed by atoms with Crippen LogP contribution in [-0.4, -0.2) is 34.6 Å². The molecular weight excluding hydrogens is 345 g/mol. The van der Waals surface area contributed by atoms with Gasteiger partial charge in [-0.05, 0) is 36.8 Å². The van der Waals surface area contributed by atoms with Gasteiger partial charge in [-0.3, -0.25) is 4.79 Å². The Labute approximate surface area is 148 Å². The van der Waals surface area contributed by atoms with Gasteiger partial charge in [-0.1, -0.05) is 12.1 Å². The standard InChI is InChI=1S/C19H17F3N2O2/c1-3-19(26)9-24(10-19)18(25)12-5-6-13(20)16(22)17(12)23-15-7-4-11(2)8-14(15)21/h3-8,23,26H,1,9-10H2,2H3. The van der Waals surface area contributed by atoms with E-state index >= 15 is 0 Å². The molecule has 0 saturated carbocycles. The molecule has 1 aliphatic heterocycles. The molecule has 0 bridgehead atoms. The summed E-state index contributed by atoms with van der Waals surface area (Å²) >= 11 is 0. The van der Waals surface area contributed by atoms with Crippen LogP contribution in [0, 0.1) is 24.4 Å². The summed E-state index contributed by atoms with van der Waals surface area (Å²) in [5.41, 5.74) is -1.22. The Hall–Kier alpha value is -2.80. The van der Waals surface area contributed by atoms with Crippen molar-refractivity contribution in [3.8, 4) is 0 Å². The van der Waals surface area contributed by atoms with Crippen LogP contribution in [0.3, 0.4) is 0 Å². The lowest BCUT2D eigenvalue weighted by atomic mass is 9.93. The molecule has 136 valence electrons. The summed E-state index contributed by atoms with van der Waals surface area (Å²) in [6, 6.07) is 6.17. The lowest BCUT2D eigenvalue weighted by Crippen LogP contribution is -2.62. The van der Waals surface area contributed by atoms with Crippen LogP contribution in [-0.2, 0) is 0 Å². The van der Waals surface area contributed by atoms with Crippen molar-refractivity contribution >= 4 is 17.3 Å². The molecule has 1 amide bonds. The summed E-state index contributed by atoms with van der Waals surface area (Å²) in [6.07, 6.45) is 1.32. The minimum Gasteiger partial charge on any atom is -0.382 e. The minimum absolute atomic E-state index is 0.00728. The van der Waals surface area contributed by atoms with E-state index in [0.29, 0.717) is 5.56 Å². The fraction of sp³-hybridized carbons (Fsp3) is 0.211. The van der Waals surface area contributed by atoms with Crippen molar-refractivity contribution in [2.45, 2.75) is 12.5 Å². The van der Waals surface area contributed by atoms with Crippen molar-refractivity contribution in [2.24, 2.45) is 0 Å². The summed E-state index contributed by atoms with van der Waals surface area (Å²) in [5, 5.41) is 12.4. The normalized spacial score (nSPS) is 15.3. The van der Waals surface area contributed by atoms with E-state index in [1.165, 1.54) is 23.1 Å². The van der Waals surface area contributed by atoms with Crippen LogP contribution in [0.4, 0.5) is 24.5 Å². The average molecular weight is 362 g/mol. The SMILES string of the molecule is C=CC1(O)CN(C(=O)c2ccc(F)c(F)c2Nc2ccc(C)cc2F)C1.